The number of hydrazone groups is 1. The van der Waals surface area contributed by atoms with Gasteiger partial charge in [-0.15, -0.1) is 0 Å². The zero-order valence-corrected chi connectivity index (χ0v) is 18.5. The molecule has 0 aliphatic heterocycles. The second-order valence-electron chi connectivity index (χ2n) is 6.58. The number of hydrazine groups is 1. The molecular formula is C23H31FN6. The SMILES string of the molecule is C=C(C(C)=N)C(=N/C(=N\N)c1ccc(-c2cc(C)ccc2F)cc1)NN(C)C.CC. The molecule has 0 aliphatic carbocycles. The number of aliphatic imine (C=N–C) groups is 1. The molecule has 0 spiro atoms. The van der Waals surface area contributed by atoms with Crippen molar-refractivity contribution in [2.24, 2.45) is 15.9 Å². The third kappa shape index (κ3) is 6.63. The second kappa shape index (κ2) is 11.6. The van der Waals surface area contributed by atoms with E-state index in [1.165, 1.54) is 6.07 Å². The standard InChI is InChI=1S/C21H25FN6.C2H6/c1-13-6-11-19(22)18(12-13)16-7-9-17(10-8-16)21(26-24)25-20(27-28(4)5)14(2)15(3)23;1-2/h6-12,23H,2,24H2,1,3-5H3,(H,25,26,27);1-2H3. The largest absolute Gasteiger partial charge is 0.321 e. The third-order valence-electron chi connectivity index (χ3n) is 3.98. The number of aryl methyl sites for hydroxylation is 1. The molecule has 0 bridgehead atoms. The molecule has 0 atom stereocenters. The summed E-state index contributed by atoms with van der Waals surface area (Å²) in [6.45, 7) is 11.4. The van der Waals surface area contributed by atoms with E-state index in [1.807, 2.05) is 20.8 Å². The highest BCUT2D eigenvalue weighted by Gasteiger charge is 2.12. The molecule has 0 aromatic heterocycles. The van der Waals surface area contributed by atoms with Crippen molar-refractivity contribution in [3.8, 4) is 11.1 Å². The Morgan fingerprint density at radius 1 is 1.13 bits per heavy atom. The Morgan fingerprint density at radius 2 is 1.73 bits per heavy atom. The Hall–Kier alpha value is -3.32. The molecule has 0 saturated carbocycles. The van der Waals surface area contributed by atoms with Crippen molar-refractivity contribution >= 4 is 17.4 Å². The molecule has 30 heavy (non-hydrogen) atoms. The van der Waals surface area contributed by atoms with Crippen LogP contribution in [0.2, 0.25) is 0 Å². The van der Waals surface area contributed by atoms with Crippen LogP contribution in [0.15, 0.2) is 64.7 Å². The van der Waals surface area contributed by atoms with Gasteiger partial charge in [-0.25, -0.2) is 14.4 Å². The molecule has 0 radical (unpaired) electrons. The summed E-state index contributed by atoms with van der Waals surface area (Å²) in [4.78, 5) is 4.43. The first-order chi connectivity index (χ1) is 14.2. The van der Waals surface area contributed by atoms with Crippen molar-refractivity contribution in [1.82, 2.24) is 10.4 Å². The fourth-order valence-corrected chi connectivity index (χ4v) is 2.48. The van der Waals surface area contributed by atoms with E-state index in [-0.39, 0.29) is 17.4 Å². The van der Waals surface area contributed by atoms with Crippen molar-refractivity contribution in [2.45, 2.75) is 27.7 Å². The van der Waals surface area contributed by atoms with Gasteiger partial charge in [0.2, 0.25) is 0 Å². The number of nitrogens with one attached hydrogen (secondary N) is 2. The lowest BCUT2D eigenvalue weighted by atomic mass is 10.0. The smallest absolute Gasteiger partial charge is 0.180 e. The van der Waals surface area contributed by atoms with E-state index in [0.717, 1.165) is 11.1 Å². The second-order valence-corrected chi connectivity index (χ2v) is 6.58. The predicted octanol–water partition coefficient (Wildman–Crippen LogP) is 4.51. The highest BCUT2D eigenvalue weighted by Crippen LogP contribution is 2.24. The Morgan fingerprint density at radius 3 is 2.23 bits per heavy atom. The summed E-state index contributed by atoms with van der Waals surface area (Å²) in [5.41, 5.74) is 6.62. The quantitative estimate of drug-likeness (QED) is 0.293. The molecule has 6 nitrogen and oxygen atoms in total. The maximum atomic E-state index is 14.1. The van der Waals surface area contributed by atoms with Crippen LogP contribution in [0.4, 0.5) is 4.39 Å². The monoisotopic (exact) mass is 410 g/mol. The van der Waals surface area contributed by atoms with Crippen molar-refractivity contribution in [2.75, 3.05) is 14.1 Å². The fourth-order valence-electron chi connectivity index (χ4n) is 2.48. The number of nitrogens with zero attached hydrogens (tertiary/aromatic N) is 3. The fraction of sp³-hybridized carbons (Fsp3) is 0.261. The Labute approximate surface area is 178 Å². The summed E-state index contributed by atoms with van der Waals surface area (Å²) < 4.78 is 14.1. The molecule has 160 valence electrons. The van der Waals surface area contributed by atoms with Gasteiger partial charge in [0.25, 0.3) is 0 Å². The first-order valence-corrected chi connectivity index (χ1v) is 9.65. The minimum Gasteiger partial charge on any atom is -0.321 e. The Balaban J connectivity index is 0.00000218. The summed E-state index contributed by atoms with van der Waals surface area (Å²) in [5.74, 6) is 5.91. The van der Waals surface area contributed by atoms with Crippen molar-refractivity contribution in [1.29, 1.82) is 5.41 Å². The van der Waals surface area contributed by atoms with E-state index in [4.69, 9.17) is 11.3 Å². The van der Waals surface area contributed by atoms with E-state index in [1.54, 1.807) is 62.4 Å². The lowest BCUT2D eigenvalue weighted by molar-refractivity contribution is 0.363. The lowest BCUT2D eigenvalue weighted by Crippen LogP contribution is -2.39. The molecule has 2 aromatic rings. The molecule has 4 N–H and O–H groups in total. The van der Waals surface area contributed by atoms with Crippen LogP contribution in [-0.2, 0) is 0 Å². The van der Waals surface area contributed by atoms with Gasteiger partial charge in [0, 0.05) is 36.5 Å². The molecule has 2 rings (SSSR count). The highest BCUT2D eigenvalue weighted by molar-refractivity contribution is 6.24. The number of hydrogen-bond donors (Lipinski definition) is 3. The lowest BCUT2D eigenvalue weighted by Gasteiger charge is -2.17. The van der Waals surface area contributed by atoms with Crippen LogP contribution in [0.1, 0.15) is 31.9 Å². The summed E-state index contributed by atoms with van der Waals surface area (Å²) in [7, 11) is 3.60. The van der Waals surface area contributed by atoms with Gasteiger partial charge >= 0.3 is 0 Å². The van der Waals surface area contributed by atoms with Crippen LogP contribution in [0, 0.1) is 18.2 Å². The minimum absolute atomic E-state index is 0.267. The van der Waals surface area contributed by atoms with E-state index in [2.05, 4.69) is 22.1 Å². The van der Waals surface area contributed by atoms with Crippen LogP contribution in [-0.4, -0.2) is 36.5 Å². The van der Waals surface area contributed by atoms with Crippen LogP contribution in [0.5, 0.6) is 0 Å². The number of halogens is 1. The molecule has 2 aromatic carbocycles. The van der Waals surface area contributed by atoms with Crippen LogP contribution in [0.3, 0.4) is 0 Å². The molecule has 0 fully saturated rings. The summed E-state index contributed by atoms with van der Waals surface area (Å²) in [5, 5.41) is 13.2. The third-order valence-corrected chi connectivity index (χ3v) is 3.98. The number of benzene rings is 2. The molecule has 0 saturated heterocycles. The van der Waals surface area contributed by atoms with Gasteiger partial charge in [-0.05, 0) is 31.5 Å². The van der Waals surface area contributed by atoms with Gasteiger partial charge in [-0.3, -0.25) is 0 Å². The number of nitrogens with two attached hydrogens (primary N) is 1. The van der Waals surface area contributed by atoms with Gasteiger partial charge in [-0.2, -0.15) is 5.10 Å². The average molecular weight is 411 g/mol. The molecular weight excluding hydrogens is 379 g/mol. The molecule has 0 amide bonds. The topological polar surface area (TPSA) is 89.9 Å². The molecule has 0 heterocycles. The van der Waals surface area contributed by atoms with Gasteiger partial charge in [0.05, 0.1) is 0 Å². The average Bonchev–Trinajstić information content (AvgIpc) is 2.73. The van der Waals surface area contributed by atoms with Crippen molar-refractivity contribution in [3.63, 3.8) is 0 Å². The first kappa shape index (κ1) is 24.7. The van der Waals surface area contributed by atoms with Gasteiger partial charge < -0.3 is 16.7 Å². The summed E-state index contributed by atoms with van der Waals surface area (Å²) in [6.07, 6.45) is 0. The molecule has 7 heteroatoms. The highest BCUT2D eigenvalue weighted by atomic mass is 19.1. The van der Waals surface area contributed by atoms with E-state index >= 15 is 0 Å². The molecule has 0 aliphatic rings. The number of hydrogen-bond acceptors (Lipinski definition) is 4. The maximum absolute atomic E-state index is 14.1. The maximum Gasteiger partial charge on any atom is 0.180 e. The van der Waals surface area contributed by atoms with E-state index < -0.39 is 0 Å². The van der Waals surface area contributed by atoms with Gasteiger partial charge in [0.1, 0.15) is 5.82 Å². The summed E-state index contributed by atoms with van der Waals surface area (Å²) in [6, 6.07) is 12.1. The van der Waals surface area contributed by atoms with E-state index in [0.29, 0.717) is 22.5 Å². The summed E-state index contributed by atoms with van der Waals surface area (Å²) >= 11 is 0. The Bertz CT molecular complexity index is 943. The molecule has 0 unspecified atom stereocenters. The van der Waals surface area contributed by atoms with E-state index in [9.17, 15) is 4.39 Å². The first-order valence-electron chi connectivity index (χ1n) is 9.65. The zero-order valence-electron chi connectivity index (χ0n) is 18.5. The minimum atomic E-state index is -0.278. The van der Waals surface area contributed by atoms with Crippen molar-refractivity contribution in [3.05, 3.63) is 71.6 Å². The zero-order chi connectivity index (χ0) is 22.8. The Kier molecular flexibility index (Phi) is 9.58. The van der Waals surface area contributed by atoms with Crippen LogP contribution < -0.4 is 11.3 Å². The normalized spacial score (nSPS) is 11.6. The number of rotatable bonds is 5. The number of amidine groups is 2. The van der Waals surface area contributed by atoms with Gasteiger partial charge in [-0.1, -0.05) is 56.3 Å². The predicted molar refractivity (Wildman–Crippen MR) is 125 cm³/mol. The van der Waals surface area contributed by atoms with Crippen LogP contribution >= 0.6 is 0 Å². The van der Waals surface area contributed by atoms with Crippen LogP contribution in [0.25, 0.3) is 11.1 Å². The van der Waals surface area contributed by atoms with Crippen molar-refractivity contribution < 1.29 is 4.39 Å². The van der Waals surface area contributed by atoms with Gasteiger partial charge in [0.15, 0.2) is 11.7 Å².